The lowest BCUT2D eigenvalue weighted by atomic mass is 9.49. The molecule has 4 fully saturated rings. The van der Waals surface area contributed by atoms with Gasteiger partial charge in [-0.05, 0) is 93.4 Å². The van der Waals surface area contributed by atoms with Crippen molar-refractivity contribution < 1.29 is 4.79 Å². The van der Waals surface area contributed by atoms with Crippen LogP contribution in [-0.4, -0.2) is 39.9 Å². The first-order valence-electron chi connectivity index (χ1n) is 13.6. The van der Waals surface area contributed by atoms with Crippen molar-refractivity contribution in [3.05, 3.63) is 59.9 Å². The summed E-state index contributed by atoms with van der Waals surface area (Å²) in [5.41, 5.74) is 3.88. The molecule has 182 valence electrons. The monoisotopic (exact) mass is 468 g/mol. The lowest BCUT2D eigenvalue weighted by molar-refractivity contribution is -0.144. The predicted octanol–water partition coefficient (Wildman–Crippen LogP) is 5.56. The Labute approximate surface area is 207 Å². The molecule has 5 aliphatic rings. The average molecular weight is 469 g/mol. The van der Waals surface area contributed by atoms with Gasteiger partial charge >= 0.3 is 0 Å². The number of amides is 1. The first-order chi connectivity index (χ1) is 17.1. The number of pyridine rings is 1. The van der Waals surface area contributed by atoms with E-state index < -0.39 is 0 Å². The van der Waals surface area contributed by atoms with Gasteiger partial charge in [-0.15, -0.1) is 0 Å². The minimum Gasteiger partial charge on any atom is -0.357 e. The van der Waals surface area contributed by atoms with Gasteiger partial charge in [0.25, 0.3) is 0 Å². The maximum atomic E-state index is 14.5. The first-order valence-corrected chi connectivity index (χ1v) is 13.6. The summed E-state index contributed by atoms with van der Waals surface area (Å²) >= 11 is 0. The Morgan fingerprint density at radius 3 is 2.51 bits per heavy atom. The van der Waals surface area contributed by atoms with E-state index in [9.17, 15) is 4.79 Å². The van der Waals surface area contributed by atoms with Crippen LogP contribution in [0.1, 0.15) is 56.7 Å². The molecule has 2 aromatic heterocycles. The fourth-order valence-corrected chi connectivity index (χ4v) is 8.51. The number of carbonyl (C=O) groups is 1. The number of para-hydroxylation sites is 1. The van der Waals surface area contributed by atoms with Crippen molar-refractivity contribution in [1.29, 1.82) is 0 Å². The molecule has 35 heavy (non-hydrogen) atoms. The summed E-state index contributed by atoms with van der Waals surface area (Å²) in [5, 5.41) is 1.36. The van der Waals surface area contributed by atoms with Crippen LogP contribution >= 0.6 is 0 Å². The summed E-state index contributed by atoms with van der Waals surface area (Å²) in [5.74, 6) is 3.45. The average Bonchev–Trinajstić information content (AvgIpc) is 3.22. The van der Waals surface area contributed by atoms with E-state index in [1.165, 1.54) is 41.4 Å². The number of nitrogens with zero attached hydrogens (tertiary/aromatic N) is 3. The third-order valence-corrected chi connectivity index (χ3v) is 9.53. The summed E-state index contributed by atoms with van der Waals surface area (Å²) in [7, 11) is 0. The fourth-order valence-electron chi connectivity index (χ4n) is 8.51. The van der Waals surface area contributed by atoms with Crippen LogP contribution in [0.5, 0.6) is 0 Å². The van der Waals surface area contributed by atoms with Gasteiger partial charge < -0.3 is 4.98 Å². The second-order valence-corrected chi connectivity index (χ2v) is 12.0. The largest absolute Gasteiger partial charge is 0.357 e. The van der Waals surface area contributed by atoms with E-state index in [0.717, 1.165) is 68.9 Å². The number of hydrogen-bond acceptors (Lipinski definition) is 3. The zero-order valence-corrected chi connectivity index (χ0v) is 20.7. The molecule has 1 aliphatic heterocycles. The zero-order chi connectivity index (χ0) is 23.6. The normalized spacial score (nSPS) is 30.4. The van der Waals surface area contributed by atoms with Crippen molar-refractivity contribution in [3.63, 3.8) is 0 Å². The van der Waals surface area contributed by atoms with Crippen LogP contribution in [0.3, 0.4) is 0 Å². The molecule has 0 saturated heterocycles. The minimum absolute atomic E-state index is 0.0799. The molecule has 1 aromatic carbocycles. The number of hydrogen-bond donors (Lipinski definition) is 1. The van der Waals surface area contributed by atoms with Crippen LogP contribution in [-0.2, 0) is 17.8 Å². The highest BCUT2D eigenvalue weighted by molar-refractivity contribution is 5.97. The highest BCUT2D eigenvalue weighted by atomic mass is 16.2. The van der Waals surface area contributed by atoms with Gasteiger partial charge in [0, 0.05) is 48.5 Å². The Morgan fingerprint density at radius 1 is 1.09 bits per heavy atom. The standard InChI is InChI=1S/C30H36N4O/c1-20(18-33-11-9-25-24-6-2-3-7-26(24)32-27(25)19-33)34(28-8-4-5-10-31-28)29(35)30-15-21-12-22(16-30)14-23(13-21)17-30/h2-8,10,20-23,32H,9,11-19H2,1H3. The lowest BCUT2D eigenvalue weighted by Crippen LogP contribution is -2.58. The molecule has 4 bridgehead atoms. The van der Waals surface area contributed by atoms with E-state index in [4.69, 9.17) is 0 Å². The summed E-state index contributed by atoms with van der Waals surface area (Å²) < 4.78 is 0. The Hall–Kier alpha value is -2.66. The Morgan fingerprint density at radius 2 is 1.80 bits per heavy atom. The van der Waals surface area contributed by atoms with Crippen molar-refractivity contribution in [2.45, 2.75) is 64.5 Å². The van der Waals surface area contributed by atoms with E-state index >= 15 is 0 Å². The smallest absolute Gasteiger partial charge is 0.234 e. The molecule has 1 atom stereocenters. The Bertz CT molecular complexity index is 1210. The summed E-state index contributed by atoms with van der Waals surface area (Å²) in [6.07, 6.45) is 10.2. The molecule has 1 amide bonds. The summed E-state index contributed by atoms with van der Waals surface area (Å²) in [6, 6.07) is 14.7. The van der Waals surface area contributed by atoms with E-state index in [1.807, 2.05) is 24.4 Å². The van der Waals surface area contributed by atoms with Gasteiger partial charge in [0.2, 0.25) is 5.91 Å². The lowest BCUT2D eigenvalue weighted by Gasteiger charge is -2.57. The molecule has 4 aliphatic carbocycles. The van der Waals surface area contributed by atoms with Gasteiger partial charge in [-0.2, -0.15) is 0 Å². The number of fused-ring (bicyclic) bond motifs is 3. The Balaban J connectivity index is 1.15. The van der Waals surface area contributed by atoms with Gasteiger partial charge in [0.15, 0.2) is 0 Å². The topological polar surface area (TPSA) is 52.2 Å². The third-order valence-electron chi connectivity index (χ3n) is 9.53. The van der Waals surface area contributed by atoms with Gasteiger partial charge in [0.1, 0.15) is 5.82 Å². The van der Waals surface area contributed by atoms with E-state index in [0.29, 0.717) is 5.91 Å². The van der Waals surface area contributed by atoms with Crippen LogP contribution in [0.25, 0.3) is 10.9 Å². The maximum Gasteiger partial charge on any atom is 0.234 e. The summed E-state index contributed by atoms with van der Waals surface area (Å²) in [4.78, 5) is 27.4. The molecule has 4 saturated carbocycles. The van der Waals surface area contributed by atoms with Crippen molar-refractivity contribution >= 4 is 22.6 Å². The van der Waals surface area contributed by atoms with Crippen LogP contribution in [0, 0.1) is 23.2 Å². The van der Waals surface area contributed by atoms with Crippen LogP contribution in [0.2, 0.25) is 0 Å². The zero-order valence-electron chi connectivity index (χ0n) is 20.7. The molecule has 1 N–H and O–H groups in total. The highest BCUT2D eigenvalue weighted by Gasteiger charge is 2.56. The van der Waals surface area contributed by atoms with Crippen molar-refractivity contribution in [1.82, 2.24) is 14.9 Å². The molecular weight excluding hydrogens is 432 g/mol. The van der Waals surface area contributed by atoms with E-state index in [1.54, 1.807) is 0 Å². The van der Waals surface area contributed by atoms with Crippen LogP contribution in [0.15, 0.2) is 48.7 Å². The molecule has 0 spiro atoms. The Kier molecular flexibility index (Phi) is 5.06. The molecule has 1 unspecified atom stereocenters. The molecule has 8 rings (SSSR count). The predicted molar refractivity (Wildman–Crippen MR) is 139 cm³/mol. The number of nitrogens with one attached hydrogen (secondary N) is 1. The number of carbonyl (C=O) groups excluding carboxylic acids is 1. The van der Waals surface area contributed by atoms with Crippen molar-refractivity contribution in [2.75, 3.05) is 18.0 Å². The fraction of sp³-hybridized carbons (Fsp3) is 0.533. The molecule has 3 heterocycles. The number of aromatic amines is 1. The van der Waals surface area contributed by atoms with E-state index in [-0.39, 0.29) is 11.5 Å². The second-order valence-electron chi connectivity index (χ2n) is 12.0. The minimum atomic E-state index is -0.160. The number of anilines is 1. The first kappa shape index (κ1) is 21.6. The van der Waals surface area contributed by atoms with Crippen molar-refractivity contribution in [3.8, 4) is 0 Å². The van der Waals surface area contributed by atoms with Gasteiger partial charge in [-0.1, -0.05) is 24.3 Å². The molecule has 5 nitrogen and oxygen atoms in total. The summed E-state index contributed by atoms with van der Waals surface area (Å²) in [6.45, 7) is 5.04. The van der Waals surface area contributed by atoms with Gasteiger partial charge in [0.05, 0.1) is 5.41 Å². The number of H-pyrrole nitrogens is 1. The third kappa shape index (κ3) is 3.62. The van der Waals surface area contributed by atoms with E-state index in [2.05, 4.69) is 51.0 Å². The maximum absolute atomic E-state index is 14.5. The SMILES string of the molecule is CC(CN1CCc2c([nH]c3ccccc23)C1)N(C(=O)C12CC3CC(CC(C3)C1)C2)c1ccccn1. The molecule has 3 aromatic rings. The molecule has 0 radical (unpaired) electrons. The quantitative estimate of drug-likeness (QED) is 0.533. The van der Waals surface area contributed by atoms with Crippen LogP contribution < -0.4 is 4.90 Å². The van der Waals surface area contributed by atoms with Crippen LogP contribution in [0.4, 0.5) is 5.82 Å². The number of rotatable bonds is 5. The molecule has 5 heteroatoms. The second kappa shape index (κ2) is 8.19. The van der Waals surface area contributed by atoms with Crippen molar-refractivity contribution in [2.24, 2.45) is 23.2 Å². The highest BCUT2D eigenvalue weighted by Crippen LogP contribution is 2.60. The molecular formula is C30H36N4O. The van der Waals surface area contributed by atoms with Gasteiger partial charge in [-0.3, -0.25) is 14.6 Å². The number of benzene rings is 1. The van der Waals surface area contributed by atoms with Gasteiger partial charge in [-0.25, -0.2) is 4.98 Å². The number of aromatic nitrogens is 2.